The number of halogens is 1. The van der Waals surface area contributed by atoms with Crippen molar-refractivity contribution in [2.75, 3.05) is 6.54 Å². The van der Waals surface area contributed by atoms with E-state index in [0.717, 1.165) is 0 Å². The Hall–Kier alpha value is -1.62. The third-order valence-electron chi connectivity index (χ3n) is 3.33. The number of carboxylic acids is 1. The van der Waals surface area contributed by atoms with E-state index in [-0.39, 0.29) is 11.9 Å². The van der Waals surface area contributed by atoms with Crippen LogP contribution < -0.4 is 0 Å². The van der Waals surface area contributed by atoms with Gasteiger partial charge in [0.05, 0.1) is 16.5 Å². The number of hydrogen-bond donors (Lipinski definition) is 1. The molecule has 1 amide bonds. The Morgan fingerprint density at radius 3 is 2.83 bits per heavy atom. The molecular weight excluding hydrogens is 256 g/mol. The molecule has 2 unspecified atom stereocenters. The molecule has 1 aromatic heterocycles. The lowest BCUT2D eigenvalue weighted by Crippen LogP contribution is -2.37. The fourth-order valence-corrected chi connectivity index (χ4v) is 2.43. The fourth-order valence-electron chi connectivity index (χ4n) is 2.25. The number of pyridine rings is 1. The molecule has 2 atom stereocenters. The minimum Gasteiger partial charge on any atom is -0.481 e. The Morgan fingerprint density at radius 1 is 1.56 bits per heavy atom. The first-order valence-corrected chi connectivity index (χ1v) is 6.03. The van der Waals surface area contributed by atoms with Crippen LogP contribution in [0.5, 0.6) is 0 Å². The quantitative estimate of drug-likeness (QED) is 0.886. The molecule has 2 heterocycles. The van der Waals surface area contributed by atoms with Gasteiger partial charge >= 0.3 is 5.97 Å². The molecule has 1 N–H and O–H groups in total. The highest BCUT2D eigenvalue weighted by molar-refractivity contribution is 6.33. The third-order valence-corrected chi connectivity index (χ3v) is 3.66. The predicted octanol–water partition coefficient (Wildman–Crippen LogP) is 1.67. The number of aromatic nitrogens is 1. The maximum absolute atomic E-state index is 12.3. The van der Waals surface area contributed by atoms with E-state index in [0.29, 0.717) is 23.6 Å². The minimum absolute atomic E-state index is 0.260. The van der Waals surface area contributed by atoms with E-state index in [2.05, 4.69) is 4.98 Å². The molecule has 1 saturated heterocycles. The summed E-state index contributed by atoms with van der Waals surface area (Å²) in [7, 11) is 0. The van der Waals surface area contributed by atoms with Crippen LogP contribution in [-0.4, -0.2) is 39.5 Å². The molecule has 5 nitrogen and oxygen atoms in total. The van der Waals surface area contributed by atoms with Gasteiger partial charge in [0.2, 0.25) is 0 Å². The summed E-state index contributed by atoms with van der Waals surface area (Å²) in [5, 5.41) is 9.37. The van der Waals surface area contributed by atoms with Crippen LogP contribution in [0.25, 0.3) is 0 Å². The molecule has 1 aliphatic rings. The summed E-state index contributed by atoms with van der Waals surface area (Å²) in [6.07, 6.45) is 3.39. The molecule has 0 aromatic carbocycles. The molecular formula is C12H13ClN2O3. The molecule has 18 heavy (non-hydrogen) atoms. The van der Waals surface area contributed by atoms with Gasteiger partial charge in [0.1, 0.15) is 0 Å². The zero-order valence-corrected chi connectivity index (χ0v) is 10.6. The molecule has 0 saturated carbocycles. The first kappa shape index (κ1) is 12.8. The van der Waals surface area contributed by atoms with Gasteiger partial charge in [-0.15, -0.1) is 0 Å². The van der Waals surface area contributed by atoms with E-state index in [4.69, 9.17) is 16.7 Å². The van der Waals surface area contributed by atoms with Crippen LogP contribution in [-0.2, 0) is 4.79 Å². The van der Waals surface area contributed by atoms with Crippen LogP contribution in [0.4, 0.5) is 0 Å². The normalized spacial score (nSPS) is 23.1. The van der Waals surface area contributed by atoms with Crippen molar-refractivity contribution in [2.45, 2.75) is 19.4 Å². The summed E-state index contributed by atoms with van der Waals surface area (Å²) in [6.45, 7) is 2.18. The number of aliphatic carboxylic acids is 1. The number of amides is 1. The van der Waals surface area contributed by atoms with Gasteiger partial charge in [0.15, 0.2) is 0 Å². The summed E-state index contributed by atoms with van der Waals surface area (Å²) in [4.78, 5) is 28.7. The van der Waals surface area contributed by atoms with Crippen molar-refractivity contribution in [1.29, 1.82) is 0 Å². The molecule has 1 aromatic rings. The Labute approximate surface area is 109 Å². The summed E-state index contributed by atoms with van der Waals surface area (Å²) in [6, 6.07) is 1.22. The van der Waals surface area contributed by atoms with E-state index in [1.807, 2.05) is 0 Å². The van der Waals surface area contributed by atoms with Gasteiger partial charge in [-0.2, -0.15) is 0 Å². The van der Waals surface area contributed by atoms with Crippen molar-refractivity contribution in [2.24, 2.45) is 5.92 Å². The average Bonchev–Trinajstić information content (AvgIpc) is 2.71. The highest BCUT2D eigenvalue weighted by atomic mass is 35.5. The second-order valence-electron chi connectivity index (χ2n) is 4.33. The number of carbonyl (C=O) groups is 2. The SMILES string of the molecule is CC1C(C(=O)O)CCN1C(=O)c1cnccc1Cl. The van der Waals surface area contributed by atoms with E-state index in [9.17, 15) is 9.59 Å². The number of carboxylic acid groups (broad SMARTS) is 1. The smallest absolute Gasteiger partial charge is 0.308 e. The molecule has 1 fully saturated rings. The van der Waals surface area contributed by atoms with Crippen LogP contribution in [0, 0.1) is 5.92 Å². The summed E-state index contributed by atoms with van der Waals surface area (Å²) in [5.41, 5.74) is 0.317. The molecule has 0 radical (unpaired) electrons. The highest BCUT2D eigenvalue weighted by Crippen LogP contribution is 2.27. The van der Waals surface area contributed by atoms with Crippen molar-refractivity contribution in [1.82, 2.24) is 9.88 Å². The zero-order valence-electron chi connectivity index (χ0n) is 9.84. The number of hydrogen-bond acceptors (Lipinski definition) is 3. The van der Waals surface area contributed by atoms with Gasteiger partial charge in [0.25, 0.3) is 5.91 Å². The number of carbonyl (C=O) groups excluding carboxylic acids is 1. The lowest BCUT2D eigenvalue weighted by molar-refractivity contribution is -0.142. The van der Waals surface area contributed by atoms with Crippen molar-refractivity contribution < 1.29 is 14.7 Å². The topological polar surface area (TPSA) is 70.5 Å². The average molecular weight is 269 g/mol. The Morgan fingerprint density at radius 2 is 2.28 bits per heavy atom. The number of likely N-dealkylation sites (tertiary alicyclic amines) is 1. The lowest BCUT2D eigenvalue weighted by atomic mass is 10.0. The Bertz CT molecular complexity index is 492. The van der Waals surface area contributed by atoms with Crippen molar-refractivity contribution >= 4 is 23.5 Å². The van der Waals surface area contributed by atoms with Crippen LogP contribution in [0.15, 0.2) is 18.5 Å². The van der Waals surface area contributed by atoms with E-state index in [1.54, 1.807) is 17.9 Å². The van der Waals surface area contributed by atoms with Crippen LogP contribution in [0.3, 0.4) is 0 Å². The van der Waals surface area contributed by atoms with Gasteiger partial charge in [-0.25, -0.2) is 0 Å². The Kier molecular flexibility index (Phi) is 3.52. The summed E-state index contributed by atoms with van der Waals surface area (Å²) >= 11 is 5.94. The van der Waals surface area contributed by atoms with Gasteiger partial charge in [0, 0.05) is 25.0 Å². The van der Waals surface area contributed by atoms with Gasteiger partial charge in [-0.1, -0.05) is 11.6 Å². The van der Waals surface area contributed by atoms with Crippen molar-refractivity contribution in [3.8, 4) is 0 Å². The second-order valence-corrected chi connectivity index (χ2v) is 4.74. The fraction of sp³-hybridized carbons (Fsp3) is 0.417. The van der Waals surface area contributed by atoms with Crippen LogP contribution in [0.2, 0.25) is 5.02 Å². The monoisotopic (exact) mass is 268 g/mol. The van der Waals surface area contributed by atoms with Crippen molar-refractivity contribution in [3.05, 3.63) is 29.0 Å². The maximum atomic E-state index is 12.3. The van der Waals surface area contributed by atoms with Crippen LogP contribution in [0.1, 0.15) is 23.7 Å². The van der Waals surface area contributed by atoms with E-state index < -0.39 is 11.9 Å². The second kappa shape index (κ2) is 4.94. The highest BCUT2D eigenvalue weighted by Gasteiger charge is 2.38. The number of nitrogens with zero attached hydrogens (tertiary/aromatic N) is 2. The molecule has 6 heteroatoms. The van der Waals surface area contributed by atoms with Crippen molar-refractivity contribution in [3.63, 3.8) is 0 Å². The lowest BCUT2D eigenvalue weighted by Gasteiger charge is -2.23. The molecule has 2 rings (SSSR count). The minimum atomic E-state index is -0.866. The van der Waals surface area contributed by atoms with E-state index in [1.165, 1.54) is 12.4 Å². The van der Waals surface area contributed by atoms with Crippen LogP contribution >= 0.6 is 11.6 Å². The first-order valence-electron chi connectivity index (χ1n) is 5.65. The number of rotatable bonds is 2. The van der Waals surface area contributed by atoms with Gasteiger partial charge in [-0.05, 0) is 19.4 Å². The Balaban J connectivity index is 2.21. The molecule has 0 bridgehead atoms. The summed E-state index contributed by atoms with van der Waals surface area (Å²) < 4.78 is 0. The van der Waals surface area contributed by atoms with E-state index >= 15 is 0 Å². The molecule has 96 valence electrons. The third kappa shape index (κ3) is 2.18. The molecule has 0 aliphatic carbocycles. The zero-order chi connectivity index (χ0) is 13.3. The predicted molar refractivity (Wildman–Crippen MR) is 65.5 cm³/mol. The van der Waals surface area contributed by atoms with Gasteiger partial charge < -0.3 is 10.0 Å². The molecule has 1 aliphatic heterocycles. The summed E-state index contributed by atoms with van der Waals surface area (Å²) in [5.74, 6) is -1.64. The largest absolute Gasteiger partial charge is 0.481 e. The first-order chi connectivity index (χ1) is 8.52. The molecule has 0 spiro atoms. The maximum Gasteiger partial charge on any atom is 0.308 e. The standard InChI is InChI=1S/C12H13ClN2O3/c1-7-8(12(17)18)3-5-15(7)11(16)9-6-14-4-2-10(9)13/h2,4,6-8H,3,5H2,1H3,(H,17,18). The van der Waals surface area contributed by atoms with Gasteiger partial charge in [-0.3, -0.25) is 14.6 Å².